The quantitative estimate of drug-likeness (QED) is 0.492. The highest BCUT2D eigenvalue weighted by molar-refractivity contribution is 6.30. The summed E-state index contributed by atoms with van der Waals surface area (Å²) in [6, 6.07) is 11.2. The minimum Gasteiger partial charge on any atom is -0.355 e. The lowest BCUT2D eigenvalue weighted by Crippen LogP contribution is -2.73. The molecular formula is C26H24ClF3N8. The van der Waals surface area contributed by atoms with Crippen LogP contribution in [0.5, 0.6) is 0 Å². The number of hydrogen-bond acceptors (Lipinski definition) is 7. The van der Waals surface area contributed by atoms with E-state index in [4.69, 9.17) is 16.9 Å². The number of anilines is 2. The minimum absolute atomic E-state index is 0.0648. The van der Waals surface area contributed by atoms with E-state index in [2.05, 4.69) is 31.1 Å². The second kappa shape index (κ2) is 7.83. The van der Waals surface area contributed by atoms with E-state index >= 15 is 0 Å². The molecule has 3 aliphatic heterocycles. The Balaban J connectivity index is 1.14. The number of halogens is 4. The summed E-state index contributed by atoms with van der Waals surface area (Å²) < 4.78 is 44.0. The van der Waals surface area contributed by atoms with Crippen molar-refractivity contribution >= 4 is 23.4 Å². The van der Waals surface area contributed by atoms with Crippen LogP contribution < -0.4 is 9.80 Å². The van der Waals surface area contributed by atoms with Gasteiger partial charge < -0.3 is 9.80 Å². The molecule has 0 N–H and O–H groups in total. The molecule has 3 fully saturated rings. The van der Waals surface area contributed by atoms with Crippen molar-refractivity contribution in [1.29, 1.82) is 5.26 Å². The van der Waals surface area contributed by atoms with Crippen LogP contribution in [0.1, 0.15) is 35.5 Å². The third kappa shape index (κ3) is 3.43. The number of hydrogen-bond donors (Lipinski definition) is 0. The lowest BCUT2D eigenvalue weighted by atomic mass is 9.73. The zero-order valence-electron chi connectivity index (χ0n) is 20.6. The normalized spacial score (nSPS) is 21.2. The highest BCUT2D eigenvalue weighted by atomic mass is 35.5. The zero-order chi connectivity index (χ0) is 26.4. The molecule has 4 aliphatic rings. The summed E-state index contributed by atoms with van der Waals surface area (Å²) in [5.41, 5.74) is 1.09. The number of fused-ring (bicyclic) bond motifs is 3. The first-order valence-corrected chi connectivity index (χ1v) is 12.9. The molecule has 0 atom stereocenters. The van der Waals surface area contributed by atoms with Crippen LogP contribution in [0.4, 0.5) is 24.9 Å². The summed E-state index contributed by atoms with van der Waals surface area (Å²) in [5.74, 6) is 2.02. The predicted molar refractivity (Wildman–Crippen MR) is 134 cm³/mol. The van der Waals surface area contributed by atoms with Crippen molar-refractivity contribution in [3.05, 3.63) is 58.0 Å². The Hall–Kier alpha value is -3.36. The van der Waals surface area contributed by atoms with Crippen LogP contribution in [-0.2, 0) is 13.1 Å². The molecule has 1 saturated carbocycles. The van der Waals surface area contributed by atoms with E-state index in [1.165, 1.54) is 4.90 Å². The first-order chi connectivity index (χ1) is 18.1. The molecule has 0 radical (unpaired) electrons. The van der Waals surface area contributed by atoms with Crippen LogP contribution >= 0.6 is 11.6 Å². The van der Waals surface area contributed by atoms with Crippen LogP contribution in [0, 0.1) is 23.7 Å². The van der Waals surface area contributed by atoms with Gasteiger partial charge in [-0.05, 0) is 55.7 Å². The molecule has 1 aliphatic carbocycles. The van der Waals surface area contributed by atoms with Gasteiger partial charge in [-0.25, -0.2) is 4.98 Å². The first kappa shape index (κ1) is 23.7. The minimum atomic E-state index is -4.31. The zero-order valence-corrected chi connectivity index (χ0v) is 21.4. The second-order valence-corrected chi connectivity index (χ2v) is 11.5. The fourth-order valence-corrected chi connectivity index (χ4v) is 6.46. The summed E-state index contributed by atoms with van der Waals surface area (Å²) in [6.07, 6.45) is -4.13. The van der Waals surface area contributed by atoms with Crippen molar-refractivity contribution in [2.75, 3.05) is 36.0 Å². The Morgan fingerprint density at radius 2 is 1.74 bits per heavy atom. The highest BCUT2D eigenvalue weighted by Gasteiger charge is 2.67. The Morgan fingerprint density at radius 3 is 2.39 bits per heavy atom. The monoisotopic (exact) mass is 540 g/mol. The van der Waals surface area contributed by atoms with Gasteiger partial charge in [0.1, 0.15) is 17.4 Å². The van der Waals surface area contributed by atoms with Gasteiger partial charge in [0.05, 0.1) is 23.5 Å². The molecule has 8 nitrogen and oxygen atoms in total. The number of nitriles is 1. The van der Waals surface area contributed by atoms with E-state index in [9.17, 15) is 13.2 Å². The van der Waals surface area contributed by atoms with Gasteiger partial charge in [0.2, 0.25) is 5.95 Å². The van der Waals surface area contributed by atoms with Gasteiger partial charge in [-0.2, -0.15) is 18.4 Å². The van der Waals surface area contributed by atoms with Crippen LogP contribution in [0.15, 0.2) is 30.3 Å². The van der Waals surface area contributed by atoms with Crippen molar-refractivity contribution in [2.45, 2.75) is 44.6 Å². The van der Waals surface area contributed by atoms with E-state index in [1.807, 2.05) is 23.6 Å². The average molecular weight is 541 g/mol. The molecule has 0 unspecified atom stereocenters. The smallest absolute Gasteiger partial charge is 0.355 e. The average Bonchev–Trinajstić information content (AvgIpc) is 3.57. The van der Waals surface area contributed by atoms with Gasteiger partial charge in [-0.1, -0.05) is 11.6 Å². The van der Waals surface area contributed by atoms with Gasteiger partial charge in [-0.3, -0.25) is 9.47 Å². The lowest BCUT2D eigenvalue weighted by molar-refractivity contribution is -0.200. The van der Waals surface area contributed by atoms with E-state index < -0.39 is 11.7 Å². The topological polar surface area (TPSA) is 77.1 Å². The Bertz CT molecular complexity index is 1490. The van der Waals surface area contributed by atoms with E-state index in [1.54, 1.807) is 18.2 Å². The Labute approximate surface area is 222 Å². The second-order valence-electron chi connectivity index (χ2n) is 11.0. The first-order valence-electron chi connectivity index (χ1n) is 12.5. The van der Waals surface area contributed by atoms with Crippen LogP contribution in [0.2, 0.25) is 5.02 Å². The fourth-order valence-electron chi connectivity index (χ4n) is 6.26. The predicted octanol–water partition coefficient (Wildman–Crippen LogP) is 4.23. The molecule has 1 aromatic carbocycles. The molecule has 2 saturated heterocycles. The number of pyridine rings is 1. The maximum Gasteiger partial charge on any atom is 0.406 e. The van der Waals surface area contributed by atoms with Crippen molar-refractivity contribution in [3.63, 3.8) is 0 Å². The molecule has 3 aromatic rings. The van der Waals surface area contributed by atoms with Crippen molar-refractivity contribution < 1.29 is 13.2 Å². The molecule has 2 aromatic heterocycles. The van der Waals surface area contributed by atoms with Gasteiger partial charge in [0, 0.05) is 43.2 Å². The number of alkyl halides is 3. The van der Waals surface area contributed by atoms with Gasteiger partial charge >= 0.3 is 6.18 Å². The van der Waals surface area contributed by atoms with Crippen molar-refractivity contribution in [1.82, 2.24) is 24.6 Å². The van der Waals surface area contributed by atoms with Gasteiger partial charge in [-0.15, -0.1) is 10.2 Å². The van der Waals surface area contributed by atoms with Crippen LogP contribution in [-0.4, -0.2) is 62.5 Å². The summed E-state index contributed by atoms with van der Waals surface area (Å²) in [5, 5.41) is 18.5. The Morgan fingerprint density at radius 1 is 1.00 bits per heavy atom. The van der Waals surface area contributed by atoms with Crippen molar-refractivity contribution in [2.24, 2.45) is 5.41 Å². The summed E-state index contributed by atoms with van der Waals surface area (Å²) in [4.78, 5) is 10.4. The van der Waals surface area contributed by atoms with E-state index in [0.29, 0.717) is 22.4 Å². The summed E-state index contributed by atoms with van der Waals surface area (Å²) in [7, 11) is 0. The number of aryl methyl sites for hydroxylation is 1. The molecule has 38 heavy (non-hydrogen) atoms. The molecule has 0 amide bonds. The van der Waals surface area contributed by atoms with Crippen molar-refractivity contribution in [3.8, 4) is 11.8 Å². The van der Waals surface area contributed by atoms with Crippen LogP contribution in [0.3, 0.4) is 0 Å². The van der Waals surface area contributed by atoms with E-state index in [-0.39, 0.29) is 31.3 Å². The molecule has 1 spiro atoms. The van der Waals surface area contributed by atoms with Gasteiger partial charge in [0.15, 0.2) is 5.82 Å². The summed E-state index contributed by atoms with van der Waals surface area (Å²) in [6.45, 7) is 5.29. The van der Waals surface area contributed by atoms with E-state index in [0.717, 1.165) is 48.9 Å². The molecule has 12 heteroatoms. The molecule has 0 bridgehead atoms. The maximum atomic E-state index is 14.0. The maximum absolute atomic E-state index is 14.0. The fraction of sp³-hybridized carbons (Fsp3) is 0.462. The molecule has 5 heterocycles. The van der Waals surface area contributed by atoms with Crippen LogP contribution in [0.25, 0.3) is 5.69 Å². The number of benzene rings is 1. The molecule has 7 rings (SSSR count). The largest absolute Gasteiger partial charge is 0.406 e. The standard InChI is InChI=1S/C26H24ClF3N8/c1-16-17(9-31)2-5-21(32-16)35-12-24(13-35)14-36(15-24)23-34-33-22-11-37(25(6-7-25)26(28,29)30)10-18-8-19(27)3-4-20(18)38(22)23/h2-5,8H,6-7,10-15H2,1H3. The molecular weight excluding hydrogens is 517 g/mol. The number of nitrogens with zero attached hydrogens (tertiary/aromatic N) is 8. The molecule has 196 valence electrons. The number of rotatable bonds is 3. The number of aromatic nitrogens is 4. The third-order valence-electron chi connectivity index (χ3n) is 8.45. The third-order valence-corrected chi connectivity index (χ3v) is 8.68. The Kier molecular flexibility index (Phi) is 4.89. The SMILES string of the molecule is Cc1nc(N2CC3(C2)CN(c2nnc4n2-c2ccc(Cl)cc2CN(C2(C(F)(F)F)CC2)C4)C3)ccc1C#N. The highest BCUT2D eigenvalue weighted by Crippen LogP contribution is 2.55. The van der Waals surface area contributed by atoms with Gasteiger partial charge in [0.25, 0.3) is 0 Å². The summed E-state index contributed by atoms with van der Waals surface area (Å²) >= 11 is 6.28. The lowest BCUT2D eigenvalue weighted by Gasteiger charge is -2.60.